The van der Waals surface area contributed by atoms with Crippen molar-refractivity contribution >= 4 is 21.6 Å². The molecule has 0 aliphatic carbocycles. The third-order valence-corrected chi connectivity index (χ3v) is 4.98. The van der Waals surface area contributed by atoms with Crippen molar-refractivity contribution in [2.45, 2.75) is 24.4 Å². The van der Waals surface area contributed by atoms with E-state index >= 15 is 0 Å². The Balaban J connectivity index is 2.17. The number of nitrogens with two attached hydrogens (primary N) is 1. The molecule has 0 amide bonds. The van der Waals surface area contributed by atoms with E-state index in [1.165, 1.54) is 0 Å². The van der Waals surface area contributed by atoms with E-state index in [9.17, 15) is 8.42 Å². The van der Waals surface area contributed by atoms with Crippen LogP contribution in [-0.2, 0) is 16.6 Å². The van der Waals surface area contributed by atoms with Gasteiger partial charge in [-0.1, -0.05) is 35.9 Å². The highest BCUT2D eigenvalue weighted by Gasteiger charge is 2.18. The first-order chi connectivity index (χ1) is 9.92. The summed E-state index contributed by atoms with van der Waals surface area (Å²) in [5.74, 6) is 0. The molecule has 0 spiro atoms. The maximum Gasteiger partial charge on any atom is 0.241 e. The Morgan fingerprint density at radius 2 is 1.67 bits per heavy atom. The van der Waals surface area contributed by atoms with Crippen molar-refractivity contribution in [1.82, 2.24) is 4.72 Å². The Morgan fingerprint density at radius 1 is 1.10 bits per heavy atom. The van der Waals surface area contributed by atoms with Crippen LogP contribution in [0.1, 0.15) is 24.1 Å². The molecule has 2 rings (SSSR count). The van der Waals surface area contributed by atoms with Gasteiger partial charge in [0.05, 0.1) is 4.90 Å². The van der Waals surface area contributed by atoms with Crippen molar-refractivity contribution < 1.29 is 8.42 Å². The Bertz CT molecular complexity index is 697. The molecule has 112 valence electrons. The van der Waals surface area contributed by atoms with E-state index in [4.69, 9.17) is 17.3 Å². The highest BCUT2D eigenvalue weighted by Crippen LogP contribution is 2.19. The van der Waals surface area contributed by atoms with Gasteiger partial charge in [-0.05, 0) is 42.3 Å². The highest BCUT2D eigenvalue weighted by atomic mass is 35.5. The summed E-state index contributed by atoms with van der Waals surface area (Å²) >= 11 is 5.83. The third kappa shape index (κ3) is 4.04. The molecule has 0 fully saturated rings. The highest BCUT2D eigenvalue weighted by molar-refractivity contribution is 7.89. The van der Waals surface area contributed by atoms with Crippen molar-refractivity contribution in [3.63, 3.8) is 0 Å². The molecule has 21 heavy (non-hydrogen) atoms. The number of rotatable bonds is 5. The fourth-order valence-electron chi connectivity index (χ4n) is 1.92. The lowest BCUT2D eigenvalue weighted by Crippen LogP contribution is -2.26. The molecule has 1 atom stereocenters. The summed E-state index contributed by atoms with van der Waals surface area (Å²) in [7, 11) is -3.57. The predicted molar refractivity (Wildman–Crippen MR) is 84.5 cm³/mol. The second-order valence-electron chi connectivity index (χ2n) is 4.74. The molecule has 0 saturated carbocycles. The van der Waals surface area contributed by atoms with Crippen LogP contribution in [0.4, 0.5) is 0 Å². The Kier molecular flexibility index (Phi) is 5.00. The van der Waals surface area contributed by atoms with Crippen LogP contribution in [0, 0.1) is 0 Å². The first-order valence-corrected chi connectivity index (χ1v) is 8.35. The lowest BCUT2D eigenvalue weighted by Gasteiger charge is -2.15. The monoisotopic (exact) mass is 324 g/mol. The van der Waals surface area contributed by atoms with Crippen LogP contribution in [0.2, 0.25) is 5.02 Å². The molecule has 0 aliphatic heterocycles. The quantitative estimate of drug-likeness (QED) is 0.888. The van der Waals surface area contributed by atoms with Crippen LogP contribution >= 0.6 is 11.6 Å². The molecule has 0 saturated heterocycles. The molecule has 2 aromatic rings. The van der Waals surface area contributed by atoms with Crippen molar-refractivity contribution in [3.05, 3.63) is 64.7 Å². The van der Waals surface area contributed by atoms with Gasteiger partial charge in [0.25, 0.3) is 0 Å². The van der Waals surface area contributed by atoms with Crippen molar-refractivity contribution in [2.24, 2.45) is 5.73 Å². The second kappa shape index (κ2) is 6.58. The number of halogens is 1. The Labute approximate surface area is 130 Å². The van der Waals surface area contributed by atoms with E-state index in [1.807, 2.05) is 0 Å². The van der Waals surface area contributed by atoms with E-state index < -0.39 is 10.0 Å². The summed E-state index contributed by atoms with van der Waals surface area (Å²) in [6.07, 6.45) is 0. The van der Waals surface area contributed by atoms with Gasteiger partial charge >= 0.3 is 0 Å². The van der Waals surface area contributed by atoms with E-state index in [1.54, 1.807) is 55.5 Å². The van der Waals surface area contributed by atoms with Crippen LogP contribution in [0.5, 0.6) is 0 Å². The van der Waals surface area contributed by atoms with Crippen molar-refractivity contribution in [2.75, 3.05) is 0 Å². The minimum absolute atomic E-state index is 0.223. The SMILES string of the molecule is C[C@H](NS(=O)(=O)c1ccc(CN)cc1)c1ccc(Cl)cc1. The molecule has 0 radical (unpaired) electrons. The summed E-state index contributed by atoms with van der Waals surface area (Å²) in [4.78, 5) is 0.223. The maximum atomic E-state index is 12.3. The lowest BCUT2D eigenvalue weighted by atomic mass is 10.1. The van der Waals surface area contributed by atoms with Crippen LogP contribution in [0.3, 0.4) is 0 Å². The lowest BCUT2D eigenvalue weighted by molar-refractivity contribution is 0.567. The van der Waals surface area contributed by atoms with E-state index in [-0.39, 0.29) is 10.9 Å². The molecule has 2 aromatic carbocycles. The fraction of sp³-hybridized carbons (Fsp3) is 0.200. The average Bonchev–Trinajstić information content (AvgIpc) is 2.47. The minimum Gasteiger partial charge on any atom is -0.326 e. The zero-order valence-electron chi connectivity index (χ0n) is 11.6. The van der Waals surface area contributed by atoms with Gasteiger partial charge in [0.1, 0.15) is 0 Å². The number of nitrogens with one attached hydrogen (secondary N) is 1. The molecule has 0 heterocycles. The van der Waals surface area contributed by atoms with Gasteiger partial charge in [0.15, 0.2) is 0 Å². The first kappa shape index (κ1) is 16.0. The van der Waals surface area contributed by atoms with Gasteiger partial charge in [-0.2, -0.15) is 0 Å². The largest absolute Gasteiger partial charge is 0.326 e. The number of hydrogen-bond donors (Lipinski definition) is 2. The summed E-state index contributed by atoms with van der Waals surface area (Å²) in [6, 6.07) is 13.2. The molecule has 0 bridgehead atoms. The second-order valence-corrected chi connectivity index (χ2v) is 6.89. The van der Waals surface area contributed by atoms with Gasteiger partial charge in [-0.3, -0.25) is 0 Å². The Morgan fingerprint density at radius 3 is 2.19 bits per heavy atom. The van der Waals surface area contributed by atoms with Gasteiger partial charge in [0, 0.05) is 17.6 Å². The van der Waals surface area contributed by atoms with E-state index in [0.29, 0.717) is 11.6 Å². The number of benzene rings is 2. The fourth-order valence-corrected chi connectivity index (χ4v) is 3.28. The van der Waals surface area contributed by atoms with Gasteiger partial charge < -0.3 is 5.73 Å². The number of sulfonamides is 1. The van der Waals surface area contributed by atoms with Gasteiger partial charge in [0.2, 0.25) is 10.0 Å². The molecule has 3 N–H and O–H groups in total. The van der Waals surface area contributed by atoms with E-state index in [0.717, 1.165) is 11.1 Å². The molecule has 0 aromatic heterocycles. The topological polar surface area (TPSA) is 72.2 Å². The van der Waals surface area contributed by atoms with E-state index in [2.05, 4.69) is 4.72 Å². The van der Waals surface area contributed by atoms with Gasteiger partial charge in [-0.15, -0.1) is 0 Å². The normalized spacial score (nSPS) is 13.1. The number of hydrogen-bond acceptors (Lipinski definition) is 3. The minimum atomic E-state index is -3.57. The third-order valence-electron chi connectivity index (χ3n) is 3.17. The smallest absolute Gasteiger partial charge is 0.241 e. The molecule has 0 unspecified atom stereocenters. The summed E-state index contributed by atoms with van der Waals surface area (Å²) in [6.45, 7) is 2.17. The van der Waals surface area contributed by atoms with Crippen LogP contribution in [0.25, 0.3) is 0 Å². The standard InChI is InChI=1S/C15H17ClN2O2S/c1-11(13-4-6-14(16)7-5-13)18-21(19,20)15-8-2-12(10-17)3-9-15/h2-9,11,18H,10,17H2,1H3/t11-/m0/s1. The molecule has 6 heteroatoms. The zero-order valence-corrected chi connectivity index (χ0v) is 13.2. The van der Waals surface area contributed by atoms with Crippen LogP contribution in [-0.4, -0.2) is 8.42 Å². The Hall–Kier alpha value is -1.40. The van der Waals surface area contributed by atoms with Crippen LogP contribution < -0.4 is 10.5 Å². The molecule has 4 nitrogen and oxygen atoms in total. The van der Waals surface area contributed by atoms with Gasteiger partial charge in [-0.25, -0.2) is 13.1 Å². The molecular weight excluding hydrogens is 308 g/mol. The summed E-state index contributed by atoms with van der Waals surface area (Å²) in [5.41, 5.74) is 7.24. The van der Waals surface area contributed by atoms with Crippen molar-refractivity contribution in [1.29, 1.82) is 0 Å². The summed E-state index contributed by atoms with van der Waals surface area (Å²) < 4.78 is 27.3. The van der Waals surface area contributed by atoms with Crippen molar-refractivity contribution in [3.8, 4) is 0 Å². The molecule has 0 aliphatic rings. The first-order valence-electron chi connectivity index (χ1n) is 6.49. The van der Waals surface area contributed by atoms with Crippen LogP contribution in [0.15, 0.2) is 53.4 Å². The summed E-state index contributed by atoms with van der Waals surface area (Å²) in [5, 5.41) is 0.617. The average molecular weight is 325 g/mol. The predicted octanol–water partition coefficient (Wildman–Crippen LogP) is 2.84. The molecular formula is C15H17ClN2O2S. The zero-order chi connectivity index (χ0) is 15.5. The maximum absolute atomic E-state index is 12.3.